The Labute approximate surface area is 181 Å². The van der Waals surface area contributed by atoms with Crippen LogP contribution in [-0.2, 0) is 6.54 Å². The molecule has 0 spiro atoms. The minimum absolute atomic E-state index is 0.0777. The molecule has 31 heavy (non-hydrogen) atoms. The summed E-state index contributed by atoms with van der Waals surface area (Å²) in [5.41, 5.74) is 11.7. The molecule has 8 nitrogen and oxygen atoms in total. The van der Waals surface area contributed by atoms with Crippen molar-refractivity contribution in [3.8, 4) is 11.1 Å². The molecule has 0 radical (unpaired) electrons. The number of rotatable bonds is 5. The van der Waals surface area contributed by atoms with E-state index in [2.05, 4.69) is 26.1 Å². The van der Waals surface area contributed by atoms with Gasteiger partial charge in [0.25, 0.3) is 5.91 Å². The predicted octanol–water partition coefficient (Wildman–Crippen LogP) is 3.45. The molecule has 3 heterocycles. The number of carbonyl (C=O) groups excluding carboxylic acids is 1. The van der Waals surface area contributed by atoms with Gasteiger partial charge < -0.3 is 21.7 Å². The Kier molecular flexibility index (Phi) is 5.07. The number of aryl methyl sites for hydroxylation is 1. The number of H-pyrrole nitrogens is 1. The summed E-state index contributed by atoms with van der Waals surface area (Å²) in [6.45, 7) is 2.49. The topological polar surface area (TPSA) is 121 Å². The lowest BCUT2D eigenvalue weighted by Gasteiger charge is -2.31. The van der Waals surface area contributed by atoms with Crippen LogP contribution < -0.4 is 21.7 Å². The van der Waals surface area contributed by atoms with E-state index < -0.39 is 0 Å². The second-order valence-electron chi connectivity index (χ2n) is 8.40. The Hall–Kier alpha value is -3.39. The molecular formula is C23H27N7O. The lowest BCUT2D eigenvalue weighted by molar-refractivity contribution is 0.0966. The van der Waals surface area contributed by atoms with Crippen molar-refractivity contribution < 1.29 is 4.79 Å². The van der Waals surface area contributed by atoms with Gasteiger partial charge >= 0.3 is 0 Å². The van der Waals surface area contributed by atoms with E-state index >= 15 is 0 Å². The molecule has 6 N–H and O–H groups in total. The van der Waals surface area contributed by atoms with Gasteiger partial charge in [-0.05, 0) is 43.0 Å². The largest absolute Gasteiger partial charge is 0.365 e. The highest BCUT2D eigenvalue weighted by atomic mass is 16.1. The number of fused-ring (bicyclic) bond motifs is 1. The Balaban J connectivity index is 1.63. The van der Waals surface area contributed by atoms with Gasteiger partial charge in [0.1, 0.15) is 11.6 Å². The number of nitrogens with two attached hydrogens (primary N) is 1. The molecule has 2 aliphatic rings. The number of pyridine rings is 1. The zero-order chi connectivity index (χ0) is 21.4. The first-order chi connectivity index (χ1) is 15.1. The summed E-state index contributed by atoms with van der Waals surface area (Å²) in [7, 11) is 0. The van der Waals surface area contributed by atoms with Crippen molar-refractivity contribution in [1.29, 1.82) is 0 Å². The van der Waals surface area contributed by atoms with Crippen LogP contribution in [0.25, 0.3) is 11.1 Å². The van der Waals surface area contributed by atoms with Crippen LogP contribution in [0, 0.1) is 6.92 Å². The highest BCUT2D eigenvalue weighted by Gasteiger charge is 2.32. The summed E-state index contributed by atoms with van der Waals surface area (Å²) < 4.78 is 0. The maximum atomic E-state index is 12.8. The van der Waals surface area contributed by atoms with Crippen molar-refractivity contribution >= 4 is 23.2 Å². The Morgan fingerprint density at radius 1 is 1.16 bits per heavy atom. The second-order valence-corrected chi connectivity index (χ2v) is 8.40. The van der Waals surface area contributed by atoms with Crippen LogP contribution in [0.15, 0.2) is 36.7 Å². The maximum Gasteiger partial charge on any atom is 0.255 e. The lowest BCUT2D eigenvalue weighted by Crippen LogP contribution is -2.42. The standard InChI is InChI=1S/C23H27N7O/c1-13-5-4-6-15(9-13)28-22-20-16(12-25-23(20)31)19(14-10-26-27-11-14)21(30-22)29-18-8-3-2-7-17(18)24/h4-6,9-11,17-18H,2-3,7-8,12,24H2,1H3,(H,25,31)(H,26,27)(H2,28,29,30). The van der Waals surface area contributed by atoms with Gasteiger partial charge in [0.15, 0.2) is 0 Å². The number of hydrogen-bond donors (Lipinski definition) is 5. The molecule has 3 aromatic rings. The number of amides is 1. The Morgan fingerprint density at radius 2 is 2.03 bits per heavy atom. The normalized spacial score (nSPS) is 20.3. The molecule has 1 aromatic carbocycles. The quantitative estimate of drug-likeness (QED) is 0.434. The third-order valence-electron chi connectivity index (χ3n) is 6.16. The first kappa shape index (κ1) is 19.6. The van der Waals surface area contributed by atoms with E-state index in [1.54, 1.807) is 6.20 Å². The molecular weight excluding hydrogens is 390 g/mol. The minimum atomic E-state index is -0.122. The van der Waals surface area contributed by atoms with E-state index in [4.69, 9.17) is 10.7 Å². The van der Waals surface area contributed by atoms with Crippen molar-refractivity contribution in [3.05, 3.63) is 53.3 Å². The third-order valence-corrected chi connectivity index (χ3v) is 6.16. The van der Waals surface area contributed by atoms with Gasteiger partial charge in [-0.15, -0.1) is 0 Å². The molecule has 1 fully saturated rings. The van der Waals surface area contributed by atoms with Gasteiger partial charge in [-0.1, -0.05) is 25.0 Å². The number of nitrogens with zero attached hydrogens (tertiary/aromatic N) is 2. The molecule has 2 unspecified atom stereocenters. The van der Waals surface area contributed by atoms with Crippen LogP contribution in [0.4, 0.5) is 17.3 Å². The van der Waals surface area contributed by atoms with Gasteiger partial charge in [-0.2, -0.15) is 5.10 Å². The number of aromatic amines is 1. The molecule has 1 aliphatic heterocycles. The number of benzene rings is 1. The van der Waals surface area contributed by atoms with Crippen LogP contribution in [-0.4, -0.2) is 33.2 Å². The smallest absolute Gasteiger partial charge is 0.255 e. The van der Waals surface area contributed by atoms with Gasteiger partial charge in [0.2, 0.25) is 0 Å². The van der Waals surface area contributed by atoms with Crippen LogP contribution >= 0.6 is 0 Å². The van der Waals surface area contributed by atoms with Crippen molar-refractivity contribution in [2.75, 3.05) is 10.6 Å². The first-order valence-corrected chi connectivity index (χ1v) is 10.8. The summed E-state index contributed by atoms with van der Waals surface area (Å²) in [4.78, 5) is 17.7. The fraction of sp³-hybridized carbons (Fsp3) is 0.348. The van der Waals surface area contributed by atoms with Crippen LogP contribution in [0.3, 0.4) is 0 Å². The molecule has 2 aromatic heterocycles. The van der Waals surface area contributed by atoms with E-state index in [9.17, 15) is 4.79 Å². The summed E-state index contributed by atoms with van der Waals surface area (Å²) in [5.74, 6) is 1.16. The number of hydrogen-bond acceptors (Lipinski definition) is 6. The molecule has 1 aliphatic carbocycles. The summed E-state index contributed by atoms with van der Waals surface area (Å²) in [6, 6.07) is 8.25. The number of carbonyl (C=O) groups is 1. The fourth-order valence-corrected chi connectivity index (χ4v) is 4.58. The fourth-order valence-electron chi connectivity index (χ4n) is 4.58. The van der Waals surface area contributed by atoms with Gasteiger partial charge in [-0.3, -0.25) is 9.89 Å². The minimum Gasteiger partial charge on any atom is -0.365 e. The van der Waals surface area contributed by atoms with Gasteiger partial charge in [-0.25, -0.2) is 4.98 Å². The van der Waals surface area contributed by atoms with Crippen molar-refractivity contribution in [3.63, 3.8) is 0 Å². The molecule has 0 bridgehead atoms. The van der Waals surface area contributed by atoms with E-state index in [0.29, 0.717) is 17.9 Å². The summed E-state index contributed by atoms with van der Waals surface area (Å²) in [6.07, 6.45) is 7.90. The van der Waals surface area contributed by atoms with E-state index in [0.717, 1.165) is 59.4 Å². The Bertz CT molecular complexity index is 1110. The monoisotopic (exact) mass is 417 g/mol. The Morgan fingerprint density at radius 3 is 2.81 bits per heavy atom. The molecule has 0 saturated heterocycles. The number of aromatic nitrogens is 3. The van der Waals surface area contributed by atoms with E-state index in [1.807, 2.05) is 37.4 Å². The van der Waals surface area contributed by atoms with E-state index in [-0.39, 0.29) is 18.0 Å². The van der Waals surface area contributed by atoms with Gasteiger partial charge in [0.05, 0.1) is 11.8 Å². The average molecular weight is 418 g/mol. The average Bonchev–Trinajstić information content (AvgIpc) is 3.40. The first-order valence-electron chi connectivity index (χ1n) is 10.8. The molecule has 160 valence electrons. The summed E-state index contributed by atoms with van der Waals surface area (Å²) in [5, 5.41) is 16.9. The number of anilines is 3. The third kappa shape index (κ3) is 3.74. The van der Waals surface area contributed by atoms with Crippen LogP contribution in [0.5, 0.6) is 0 Å². The van der Waals surface area contributed by atoms with Crippen molar-refractivity contribution in [1.82, 2.24) is 20.5 Å². The predicted molar refractivity (Wildman–Crippen MR) is 121 cm³/mol. The zero-order valence-electron chi connectivity index (χ0n) is 17.5. The van der Waals surface area contributed by atoms with Gasteiger partial charge in [0, 0.05) is 41.6 Å². The highest BCUT2D eigenvalue weighted by molar-refractivity contribution is 6.06. The zero-order valence-corrected chi connectivity index (χ0v) is 17.5. The SMILES string of the molecule is Cc1cccc(Nc2nc(NC3CCCCC3N)c(-c3cn[nH]c3)c3c2C(=O)NC3)c1. The van der Waals surface area contributed by atoms with E-state index in [1.165, 1.54) is 0 Å². The number of nitrogens with one attached hydrogen (secondary N) is 4. The lowest BCUT2D eigenvalue weighted by atomic mass is 9.90. The van der Waals surface area contributed by atoms with Crippen LogP contribution in [0.1, 0.15) is 47.2 Å². The molecule has 1 saturated carbocycles. The highest BCUT2D eigenvalue weighted by Crippen LogP contribution is 2.39. The molecule has 1 amide bonds. The molecule has 8 heteroatoms. The molecule has 2 atom stereocenters. The second kappa shape index (κ2) is 8.03. The summed E-state index contributed by atoms with van der Waals surface area (Å²) >= 11 is 0. The molecule has 5 rings (SSSR count). The van der Waals surface area contributed by atoms with Crippen LogP contribution in [0.2, 0.25) is 0 Å². The maximum absolute atomic E-state index is 12.8. The van der Waals surface area contributed by atoms with Crippen molar-refractivity contribution in [2.45, 2.75) is 51.2 Å². The van der Waals surface area contributed by atoms with Crippen molar-refractivity contribution in [2.24, 2.45) is 5.73 Å².